The summed E-state index contributed by atoms with van der Waals surface area (Å²) in [6.45, 7) is -1.12. The Balaban J connectivity index is 1.71. The molecule has 0 unspecified atom stereocenters. The zero-order chi connectivity index (χ0) is 30.8. The van der Waals surface area contributed by atoms with E-state index in [0.717, 1.165) is 35.6 Å². The van der Waals surface area contributed by atoms with Crippen molar-refractivity contribution in [1.29, 1.82) is 5.26 Å². The third-order valence-electron chi connectivity index (χ3n) is 7.11. The van der Waals surface area contributed by atoms with Gasteiger partial charge in [0.2, 0.25) is 0 Å². The number of rotatable bonds is 8. The number of hydrogen-bond acceptors (Lipinski definition) is 6. The van der Waals surface area contributed by atoms with Crippen LogP contribution in [0.4, 0.5) is 17.6 Å². The number of Topliss-reactive ketones (excluding diaryl/α,β-unsaturated/α-hetero) is 1. The highest BCUT2D eigenvalue weighted by Crippen LogP contribution is 2.43. The lowest BCUT2D eigenvalue weighted by Crippen LogP contribution is -2.37. The van der Waals surface area contributed by atoms with Crippen LogP contribution in [0.2, 0.25) is 10.0 Å². The molecule has 4 rings (SSSR count). The Kier molecular flexibility index (Phi) is 8.89. The molecule has 1 aromatic carbocycles. The van der Waals surface area contributed by atoms with Crippen molar-refractivity contribution in [2.45, 2.75) is 44.4 Å². The monoisotopic (exact) mass is 625 g/mol. The van der Waals surface area contributed by atoms with Crippen LogP contribution in [0.1, 0.15) is 63.7 Å². The molecule has 3 aromatic rings. The van der Waals surface area contributed by atoms with Crippen LogP contribution in [0.3, 0.4) is 0 Å². The van der Waals surface area contributed by atoms with E-state index in [0.29, 0.717) is 10.2 Å². The fraction of sp³-hybridized carbons (Fsp3) is 0.333. The van der Waals surface area contributed by atoms with Gasteiger partial charge in [0.05, 0.1) is 46.0 Å². The fourth-order valence-electron chi connectivity index (χ4n) is 4.90. The number of alkyl halides is 3. The lowest BCUT2D eigenvalue weighted by atomic mass is 9.73. The molecule has 0 atom stereocenters. The van der Waals surface area contributed by atoms with Gasteiger partial charge in [-0.05, 0) is 43.4 Å². The minimum atomic E-state index is -5.07. The van der Waals surface area contributed by atoms with Gasteiger partial charge in [-0.25, -0.2) is 4.39 Å². The van der Waals surface area contributed by atoms with Gasteiger partial charge >= 0.3 is 12.1 Å². The normalized spacial score (nSPS) is 18.7. The molecule has 0 saturated heterocycles. The van der Waals surface area contributed by atoms with Crippen LogP contribution < -0.4 is 0 Å². The standard InChI is InChI=1S/C27H21Cl2F4N5O4/c28-19-10-35-11-20(29)22(19)21(39)13-37(12-15-1-3-16(30)4-2-15)24(40)18-9-36-38(23(18)27(31,32)33)17-5-7-26(14-34,8-6-17)25(41)42/h1-4,9-11,17H,5-8,12-13H2,(H,41,42)/t17-,26-. The second kappa shape index (κ2) is 12.1. The van der Waals surface area contributed by atoms with E-state index in [1.54, 1.807) is 6.07 Å². The second-order valence-electron chi connectivity index (χ2n) is 9.77. The van der Waals surface area contributed by atoms with E-state index in [2.05, 4.69) is 10.1 Å². The number of carbonyl (C=O) groups excluding carboxylic acids is 2. The summed E-state index contributed by atoms with van der Waals surface area (Å²) >= 11 is 12.1. The van der Waals surface area contributed by atoms with Crippen molar-refractivity contribution >= 4 is 40.9 Å². The van der Waals surface area contributed by atoms with Crippen molar-refractivity contribution in [2.75, 3.05) is 6.54 Å². The summed E-state index contributed by atoms with van der Waals surface area (Å²) in [7, 11) is 0. The molecule has 220 valence electrons. The smallest absolute Gasteiger partial charge is 0.433 e. The number of halogens is 6. The molecule has 1 N–H and O–H groups in total. The van der Waals surface area contributed by atoms with Crippen molar-refractivity contribution in [2.24, 2.45) is 5.41 Å². The molecular weight excluding hydrogens is 605 g/mol. The predicted octanol–water partition coefficient (Wildman–Crippen LogP) is 5.98. The predicted molar refractivity (Wildman–Crippen MR) is 140 cm³/mol. The van der Waals surface area contributed by atoms with Crippen molar-refractivity contribution in [3.8, 4) is 6.07 Å². The molecule has 1 amide bonds. The van der Waals surface area contributed by atoms with Crippen LogP contribution in [0, 0.1) is 22.6 Å². The number of carboxylic acids is 1. The number of ketones is 1. The number of benzene rings is 1. The summed E-state index contributed by atoms with van der Waals surface area (Å²) < 4.78 is 57.5. The molecule has 1 aliphatic carbocycles. The summed E-state index contributed by atoms with van der Waals surface area (Å²) in [6.07, 6.45) is -2.65. The minimum absolute atomic E-state index is 0.102. The SMILES string of the molecule is N#C[C@]1(C(=O)O)CC[C@H](n2ncc(C(=O)N(CC(=O)c3c(Cl)cncc3Cl)Cc3ccc(F)cc3)c2C(F)(F)F)CC1. The molecule has 1 saturated carbocycles. The van der Waals surface area contributed by atoms with E-state index >= 15 is 0 Å². The Morgan fingerprint density at radius 1 is 1.10 bits per heavy atom. The molecular formula is C27H21Cl2F4N5O4. The number of pyridine rings is 1. The quantitative estimate of drug-likeness (QED) is 0.241. The molecule has 42 heavy (non-hydrogen) atoms. The average Bonchev–Trinajstić information content (AvgIpc) is 3.39. The average molecular weight is 626 g/mol. The van der Waals surface area contributed by atoms with Crippen LogP contribution in [0.25, 0.3) is 0 Å². The van der Waals surface area contributed by atoms with Crippen LogP contribution in [0.15, 0.2) is 42.9 Å². The number of nitrogens with zero attached hydrogens (tertiary/aromatic N) is 5. The Morgan fingerprint density at radius 2 is 1.69 bits per heavy atom. The molecule has 2 aromatic heterocycles. The number of hydrogen-bond donors (Lipinski definition) is 1. The van der Waals surface area contributed by atoms with Crippen molar-refractivity contribution in [1.82, 2.24) is 19.7 Å². The molecule has 0 spiro atoms. The first-order chi connectivity index (χ1) is 19.8. The van der Waals surface area contributed by atoms with Gasteiger partial charge in [0, 0.05) is 18.9 Å². The van der Waals surface area contributed by atoms with Crippen LogP contribution in [-0.4, -0.2) is 49.0 Å². The van der Waals surface area contributed by atoms with Gasteiger partial charge in [-0.15, -0.1) is 0 Å². The highest BCUT2D eigenvalue weighted by molar-refractivity contribution is 6.39. The van der Waals surface area contributed by atoms with E-state index < -0.39 is 58.9 Å². The zero-order valence-corrected chi connectivity index (χ0v) is 23.0. The second-order valence-corrected chi connectivity index (χ2v) is 10.6. The van der Waals surface area contributed by atoms with Crippen LogP contribution in [-0.2, 0) is 17.5 Å². The summed E-state index contributed by atoms with van der Waals surface area (Å²) in [6, 6.07) is 5.62. The van der Waals surface area contributed by atoms with Gasteiger partial charge in [0.25, 0.3) is 5.91 Å². The Labute approximate surface area is 246 Å². The molecule has 2 heterocycles. The van der Waals surface area contributed by atoms with Gasteiger partial charge < -0.3 is 10.0 Å². The topological polar surface area (TPSA) is 129 Å². The lowest BCUT2D eigenvalue weighted by molar-refractivity contribution is -0.150. The van der Waals surface area contributed by atoms with Crippen LogP contribution in [0.5, 0.6) is 0 Å². The maximum Gasteiger partial charge on any atom is 0.433 e. The van der Waals surface area contributed by atoms with Crippen LogP contribution >= 0.6 is 23.2 Å². The van der Waals surface area contributed by atoms with Crippen molar-refractivity contribution < 1.29 is 37.1 Å². The van der Waals surface area contributed by atoms with E-state index in [-0.39, 0.29) is 47.8 Å². The molecule has 0 aliphatic heterocycles. The highest BCUT2D eigenvalue weighted by atomic mass is 35.5. The number of amides is 1. The molecule has 1 aliphatic rings. The zero-order valence-electron chi connectivity index (χ0n) is 21.5. The summed E-state index contributed by atoms with van der Waals surface area (Å²) in [5.74, 6) is -3.91. The molecule has 1 fully saturated rings. The number of nitriles is 1. The Bertz CT molecular complexity index is 1540. The minimum Gasteiger partial charge on any atom is -0.480 e. The summed E-state index contributed by atoms with van der Waals surface area (Å²) in [4.78, 5) is 43.1. The summed E-state index contributed by atoms with van der Waals surface area (Å²) in [5.41, 5.74) is -3.81. The molecule has 15 heteroatoms. The largest absolute Gasteiger partial charge is 0.480 e. The lowest BCUT2D eigenvalue weighted by Gasteiger charge is -2.32. The van der Waals surface area contributed by atoms with Gasteiger partial charge in [-0.3, -0.25) is 24.0 Å². The third-order valence-corrected chi connectivity index (χ3v) is 7.69. The van der Waals surface area contributed by atoms with E-state index in [9.17, 15) is 42.3 Å². The van der Waals surface area contributed by atoms with E-state index in [4.69, 9.17) is 23.2 Å². The third kappa shape index (κ3) is 6.24. The maximum absolute atomic E-state index is 14.4. The molecule has 0 radical (unpaired) electrons. The number of carbonyl (C=O) groups is 3. The summed E-state index contributed by atoms with van der Waals surface area (Å²) in [5, 5.41) is 22.4. The van der Waals surface area contributed by atoms with Crippen molar-refractivity contribution in [3.63, 3.8) is 0 Å². The van der Waals surface area contributed by atoms with Crippen molar-refractivity contribution in [3.05, 3.63) is 81.1 Å². The number of aliphatic carboxylic acids is 1. The Hall–Kier alpha value is -4.02. The van der Waals surface area contributed by atoms with E-state index in [1.807, 2.05) is 0 Å². The Morgan fingerprint density at radius 3 is 2.21 bits per heavy atom. The van der Waals surface area contributed by atoms with Gasteiger partial charge in [0.15, 0.2) is 16.9 Å². The molecule has 0 bridgehead atoms. The fourth-order valence-corrected chi connectivity index (χ4v) is 5.48. The van der Waals surface area contributed by atoms with Gasteiger partial charge in [-0.1, -0.05) is 35.3 Å². The molecule has 9 nitrogen and oxygen atoms in total. The first-order valence-electron chi connectivity index (χ1n) is 12.4. The maximum atomic E-state index is 14.4. The first-order valence-corrected chi connectivity index (χ1v) is 13.2. The number of carboxylic acid groups (broad SMARTS) is 1. The van der Waals surface area contributed by atoms with E-state index in [1.165, 1.54) is 12.1 Å². The number of aromatic nitrogens is 3. The first kappa shape index (κ1) is 30.9. The van der Waals surface area contributed by atoms with Gasteiger partial charge in [-0.2, -0.15) is 23.5 Å². The van der Waals surface area contributed by atoms with Gasteiger partial charge in [0.1, 0.15) is 5.82 Å². The highest BCUT2D eigenvalue weighted by Gasteiger charge is 2.47.